The largest absolute Gasteiger partial charge is 0.512 e. The number of aryl methyl sites for hydroxylation is 2. The number of pyridine rings is 1. The van der Waals surface area contributed by atoms with Gasteiger partial charge in [0.05, 0.1) is 11.3 Å². The number of hydrogen-bond donors (Lipinski definition) is 1. The van der Waals surface area contributed by atoms with E-state index in [9.17, 15) is 9.90 Å². The number of fused-ring (bicyclic) bond motifs is 2. The average molecular weight is 799 g/mol. The molecule has 4 aromatic rings. The fraction of sp³-hybridized carbons (Fsp3) is 0.476. The van der Waals surface area contributed by atoms with Gasteiger partial charge in [0, 0.05) is 49.1 Å². The van der Waals surface area contributed by atoms with Crippen molar-refractivity contribution >= 4 is 27.5 Å². The molecule has 1 unspecified atom stereocenters. The smallest absolute Gasteiger partial charge is 0.162 e. The second-order valence-electron chi connectivity index (χ2n) is 13.8. The van der Waals surface area contributed by atoms with Crippen LogP contribution in [0.3, 0.4) is 0 Å². The van der Waals surface area contributed by atoms with Crippen LogP contribution in [0.5, 0.6) is 0 Å². The Bertz CT molecular complexity index is 1640. The van der Waals surface area contributed by atoms with Gasteiger partial charge in [-0.2, -0.15) is 0 Å². The van der Waals surface area contributed by atoms with E-state index in [1.54, 1.807) is 0 Å². The van der Waals surface area contributed by atoms with Gasteiger partial charge in [-0.15, -0.1) is 29.1 Å². The number of carbonyl (C=O) groups excluding carboxylic acids is 1. The van der Waals surface area contributed by atoms with Crippen LogP contribution in [0.1, 0.15) is 123 Å². The number of ketones is 1. The van der Waals surface area contributed by atoms with Gasteiger partial charge in [-0.1, -0.05) is 104 Å². The Hall–Kier alpha value is -2.81. The number of benzene rings is 3. The van der Waals surface area contributed by atoms with E-state index in [2.05, 4.69) is 103 Å². The molecule has 1 atom stereocenters. The number of nitrogens with zero attached hydrogens (tertiary/aromatic N) is 1. The van der Waals surface area contributed by atoms with Crippen molar-refractivity contribution in [1.29, 1.82) is 0 Å². The standard InChI is InChI=1S/C29H32N.C13H24O2.Ir/c1-8-19(3)24-17-26(30-27-14-18(2)13-20(4)28(24)27)22-15-21-11-9-10-12-23(21)25(16-22)29(5,6)7;1-5-10(6-2)12(14)9-13(15)11(7-3)8-4;/h9-14,16-17,19H,8H2,1-7H3;9-11,14H,5-8H2,1-4H3;/q-1;;/b;12-9-;. The van der Waals surface area contributed by atoms with Gasteiger partial charge in [-0.05, 0) is 80.0 Å². The van der Waals surface area contributed by atoms with Gasteiger partial charge in [0.2, 0.25) is 0 Å². The Morgan fingerprint density at radius 2 is 1.50 bits per heavy atom. The monoisotopic (exact) mass is 799 g/mol. The summed E-state index contributed by atoms with van der Waals surface area (Å²) in [5, 5.41) is 13.5. The van der Waals surface area contributed by atoms with E-state index in [1.807, 2.05) is 27.7 Å². The quantitative estimate of drug-likeness (QED) is 0.0988. The normalized spacial score (nSPS) is 12.7. The zero-order valence-corrected chi connectivity index (χ0v) is 32.5. The molecule has 46 heavy (non-hydrogen) atoms. The zero-order valence-electron chi connectivity index (χ0n) is 30.1. The van der Waals surface area contributed by atoms with Gasteiger partial charge in [0.1, 0.15) is 0 Å². The van der Waals surface area contributed by atoms with Gasteiger partial charge < -0.3 is 5.11 Å². The van der Waals surface area contributed by atoms with Crippen molar-refractivity contribution in [1.82, 2.24) is 4.98 Å². The van der Waals surface area contributed by atoms with Crippen molar-refractivity contribution in [3.8, 4) is 11.3 Å². The van der Waals surface area contributed by atoms with Crippen LogP contribution in [-0.2, 0) is 30.3 Å². The molecule has 3 aromatic carbocycles. The van der Waals surface area contributed by atoms with Crippen molar-refractivity contribution in [3.05, 3.63) is 88.7 Å². The number of rotatable bonds is 10. The van der Waals surface area contributed by atoms with Crippen molar-refractivity contribution in [2.24, 2.45) is 11.8 Å². The van der Waals surface area contributed by atoms with Gasteiger partial charge in [0.15, 0.2) is 5.78 Å². The Morgan fingerprint density at radius 3 is 2.07 bits per heavy atom. The van der Waals surface area contributed by atoms with Crippen LogP contribution >= 0.6 is 0 Å². The maximum absolute atomic E-state index is 11.7. The van der Waals surface area contributed by atoms with Crippen LogP contribution in [0.15, 0.2) is 60.4 Å². The van der Waals surface area contributed by atoms with Gasteiger partial charge >= 0.3 is 0 Å². The molecule has 0 fully saturated rings. The average Bonchev–Trinajstić information content (AvgIpc) is 3.00. The number of hydrogen-bond acceptors (Lipinski definition) is 3. The Kier molecular flexibility index (Phi) is 14.9. The van der Waals surface area contributed by atoms with Crippen molar-refractivity contribution in [2.45, 2.75) is 120 Å². The fourth-order valence-electron chi connectivity index (χ4n) is 6.31. The summed E-state index contributed by atoms with van der Waals surface area (Å²) in [4.78, 5) is 16.9. The maximum Gasteiger partial charge on any atom is 0.162 e. The van der Waals surface area contributed by atoms with Crippen molar-refractivity contribution in [2.75, 3.05) is 0 Å². The Balaban J connectivity index is 0.000000394. The third-order valence-electron chi connectivity index (χ3n) is 9.37. The van der Waals surface area contributed by atoms with E-state index < -0.39 is 0 Å². The second-order valence-corrected chi connectivity index (χ2v) is 13.8. The fourth-order valence-corrected chi connectivity index (χ4v) is 6.31. The van der Waals surface area contributed by atoms with E-state index in [0.717, 1.165) is 54.3 Å². The zero-order chi connectivity index (χ0) is 33.5. The summed E-state index contributed by atoms with van der Waals surface area (Å²) >= 11 is 0. The van der Waals surface area contributed by atoms with Crippen LogP contribution in [0.25, 0.3) is 32.9 Å². The number of aliphatic hydroxyl groups excluding tert-OH is 1. The molecule has 251 valence electrons. The first-order chi connectivity index (χ1) is 21.3. The molecule has 3 nitrogen and oxygen atoms in total. The number of aliphatic hydroxyl groups is 1. The predicted molar refractivity (Wildman–Crippen MR) is 194 cm³/mol. The molecule has 0 saturated heterocycles. The molecule has 1 N–H and O–H groups in total. The third kappa shape index (κ3) is 9.39. The first kappa shape index (κ1) is 39.4. The first-order valence-corrected chi connectivity index (χ1v) is 17.1. The van der Waals surface area contributed by atoms with Crippen LogP contribution in [-0.4, -0.2) is 15.9 Å². The molecule has 1 aromatic heterocycles. The van der Waals surface area contributed by atoms with E-state index >= 15 is 0 Å². The van der Waals surface area contributed by atoms with Crippen LogP contribution in [0.2, 0.25) is 0 Å². The summed E-state index contributed by atoms with van der Waals surface area (Å²) in [6.45, 7) is 23.9. The molecule has 0 aliphatic heterocycles. The molecule has 0 spiro atoms. The minimum Gasteiger partial charge on any atom is -0.512 e. The van der Waals surface area contributed by atoms with Gasteiger partial charge in [-0.3, -0.25) is 9.78 Å². The number of carbonyl (C=O) groups is 1. The van der Waals surface area contributed by atoms with Crippen molar-refractivity contribution < 1.29 is 30.0 Å². The topological polar surface area (TPSA) is 50.2 Å². The molecular formula is C42H56IrNO2-. The summed E-state index contributed by atoms with van der Waals surface area (Å²) in [6, 6.07) is 21.4. The second kappa shape index (κ2) is 17.4. The summed E-state index contributed by atoms with van der Waals surface area (Å²) in [7, 11) is 0. The molecule has 4 heteroatoms. The number of allylic oxidation sites excluding steroid dienone is 2. The molecular weight excluding hydrogens is 743 g/mol. The molecule has 1 heterocycles. The van der Waals surface area contributed by atoms with Crippen LogP contribution in [0.4, 0.5) is 0 Å². The van der Waals surface area contributed by atoms with E-state index in [-0.39, 0.29) is 48.9 Å². The molecule has 4 rings (SSSR count). The molecule has 0 amide bonds. The van der Waals surface area contributed by atoms with Crippen LogP contribution < -0.4 is 0 Å². The van der Waals surface area contributed by atoms with E-state index in [0.29, 0.717) is 5.92 Å². The SMILES string of the molecule is CCC(C)c1cc(-c2[c-]c3ccccc3c(C(C)(C)C)c2)nc2cc(C)cc(C)c12.CCC(CC)C(=O)/C=C(\O)C(CC)CC.[Ir]. The molecule has 0 aliphatic carbocycles. The Labute approximate surface area is 292 Å². The molecule has 0 saturated carbocycles. The summed E-state index contributed by atoms with van der Waals surface area (Å²) in [5.74, 6) is 1.03. The van der Waals surface area contributed by atoms with Crippen LogP contribution in [0, 0.1) is 31.7 Å². The minimum absolute atomic E-state index is 0. The minimum atomic E-state index is 0. The maximum atomic E-state index is 11.7. The molecule has 0 aliphatic rings. The number of aromatic nitrogens is 1. The molecule has 0 bridgehead atoms. The van der Waals surface area contributed by atoms with Gasteiger partial charge in [-0.25, -0.2) is 0 Å². The van der Waals surface area contributed by atoms with Gasteiger partial charge in [0.25, 0.3) is 0 Å². The Morgan fingerprint density at radius 1 is 0.891 bits per heavy atom. The van der Waals surface area contributed by atoms with E-state index in [4.69, 9.17) is 4.98 Å². The summed E-state index contributed by atoms with van der Waals surface area (Å²) in [5.41, 5.74) is 8.58. The summed E-state index contributed by atoms with van der Waals surface area (Å²) < 4.78 is 0. The molecule has 1 radical (unpaired) electrons. The first-order valence-electron chi connectivity index (χ1n) is 17.1. The third-order valence-corrected chi connectivity index (χ3v) is 9.37. The summed E-state index contributed by atoms with van der Waals surface area (Å²) in [6.07, 6.45) is 6.02. The van der Waals surface area contributed by atoms with E-state index in [1.165, 1.54) is 39.1 Å². The van der Waals surface area contributed by atoms with Crippen molar-refractivity contribution in [3.63, 3.8) is 0 Å². The predicted octanol–water partition coefficient (Wildman–Crippen LogP) is 12.2.